The summed E-state index contributed by atoms with van der Waals surface area (Å²) in [7, 11) is 0. The smallest absolute Gasteiger partial charge is 0.248 e. The maximum absolute atomic E-state index is 14.5. The number of anilines is 2. The third-order valence-corrected chi connectivity index (χ3v) is 11.2. The Morgan fingerprint density at radius 3 is 2.28 bits per heavy atom. The fraction of sp³-hybridized carbons (Fsp3) is 0.286. The molecule has 3 heterocycles. The van der Waals surface area contributed by atoms with Gasteiger partial charge in [-0.15, -0.1) is 11.8 Å². The number of carbonyl (C=O) groups is 3. The van der Waals surface area contributed by atoms with Crippen molar-refractivity contribution in [2.24, 2.45) is 11.8 Å². The first-order valence-corrected chi connectivity index (χ1v) is 15.7. The number of aliphatic hydroxyl groups is 1. The third kappa shape index (κ3) is 4.79. The van der Waals surface area contributed by atoms with Gasteiger partial charge in [0.25, 0.3) is 0 Å². The number of amides is 3. The Morgan fingerprint density at radius 2 is 1.53 bits per heavy atom. The van der Waals surface area contributed by atoms with Gasteiger partial charge in [-0.05, 0) is 59.9 Å². The molecular weight excluding hydrogens is 558 g/mol. The van der Waals surface area contributed by atoms with Crippen LogP contribution >= 0.6 is 11.8 Å². The van der Waals surface area contributed by atoms with Crippen LogP contribution in [0.1, 0.15) is 18.4 Å². The molecule has 3 N–H and O–H groups in total. The molecule has 3 fully saturated rings. The van der Waals surface area contributed by atoms with E-state index >= 15 is 0 Å². The van der Waals surface area contributed by atoms with Crippen LogP contribution in [0.5, 0.6) is 0 Å². The molecule has 7 nitrogen and oxygen atoms in total. The first-order valence-electron chi connectivity index (χ1n) is 14.8. The average molecular weight is 592 g/mol. The minimum atomic E-state index is -0.832. The summed E-state index contributed by atoms with van der Waals surface area (Å²) in [4.78, 5) is 44.3. The highest BCUT2D eigenvalue weighted by Crippen LogP contribution is 2.66. The number of carbonyl (C=O) groups excluding carboxylic acids is 3. The van der Waals surface area contributed by atoms with Crippen LogP contribution in [0.2, 0.25) is 0 Å². The van der Waals surface area contributed by atoms with Crippen LogP contribution in [-0.4, -0.2) is 56.4 Å². The Kier molecular flexibility index (Phi) is 7.19. The van der Waals surface area contributed by atoms with Crippen molar-refractivity contribution in [2.75, 3.05) is 17.2 Å². The molecular formula is C35H33N3O4S. The lowest BCUT2D eigenvalue weighted by Crippen LogP contribution is -2.55. The second-order valence-electron chi connectivity index (χ2n) is 11.7. The molecule has 4 aromatic rings. The number of para-hydroxylation sites is 1. The molecule has 0 aliphatic carbocycles. The Balaban J connectivity index is 1.25. The number of aliphatic hydroxyl groups excluding tert-OH is 1. The Hall–Kier alpha value is -4.14. The minimum absolute atomic E-state index is 0.0579. The summed E-state index contributed by atoms with van der Waals surface area (Å²) in [5.41, 5.74) is 2.29. The molecule has 218 valence electrons. The summed E-state index contributed by atoms with van der Waals surface area (Å²) in [6.45, 7) is -0.293. The average Bonchev–Trinajstić information content (AvgIpc) is 3.68. The van der Waals surface area contributed by atoms with Crippen molar-refractivity contribution in [3.8, 4) is 0 Å². The number of rotatable bonds is 8. The van der Waals surface area contributed by atoms with E-state index in [2.05, 4.69) is 10.6 Å². The van der Waals surface area contributed by atoms with E-state index in [1.165, 1.54) is 0 Å². The number of hydrogen-bond donors (Lipinski definition) is 3. The maximum atomic E-state index is 14.5. The summed E-state index contributed by atoms with van der Waals surface area (Å²) in [5, 5.41) is 18.8. The van der Waals surface area contributed by atoms with E-state index < -0.39 is 28.7 Å². The van der Waals surface area contributed by atoms with E-state index in [0.717, 1.165) is 22.8 Å². The normalized spacial score (nSPS) is 26.3. The largest absolute Gasteiger partial charge is 0.394 e. The van der Waals surface area contributed by atoms with E-state index in [0.29, 0.717) is 24.2 Å². The van der Waals surface area contributed by atoms with Crippen LogP contribution in [0.15, 0.2) is 103 Å². The molecule has 0 aromatic heterocycles. The monoisotopic (exact) mass is 591 g/mol. The number of nitrogens with zero attached hydrogens (tertiary/aromatic N) is 1. The Morgan fingerprint density at radius 1 is 0.860 bits per heavy atom. The van der Waals surface area contributed by atoms with Crippen molar-refractivity contribution in [1.82, 2.24) is 4.90 Å². The van der Waals surface area contributed by atoms with E-state index in [9.17, 15) is 19.5 Å². The molecule has 2 bridgehead atoms. The van der Waals surface area contributed by atoms with Gasteiger partial charge in [0, 0.05) is 16.6 Å². The number of nitrogens with one attached hydrogen (secondary N) is 2. The number of thioether (sulfide) groups is 1. The molecule has 3 aliphatic heterocycles. The molecule has 6 atom stereocenters. The SMILES string of the molecule is O=C(Nc1ccc2ccccc2c1)C1N([C@@H](CO)Cc2ccccc2)C(=O)[C@@H]2[C@@H](C(=O)Nc3ccccc3)[C@H]3CCC12S3. The summed E-state index contributed by atoms with van der Waals surface area (Å²) in [6, 6.07) is 31.2. The van der Waals surface area contributed by atoms with Gasteiger partial charge in [-0.1, -0.05) is 78.9 Å². The number of benzene rings is 4. The molecule has 3 aliphatic rings. The van der Waals surface area contributed by atoms with Crippen LogP contribution in [0.4, 0.5) is 11.4 Å². The predicted molar refractivity (Wildman–Crippen MR) is 170 cm³/mol. The summed E-state index contributed by atoms with van der Waals surface area (Å²) in [6.07, 6.45) is 1.81. The van der Waals surface area contributed by atoms with Gasteiger partial charge in [-0.3, -0.25) is 14.4 Å². The standard InChI is InChI=1S/C35H33N3O4S/c39-21-27(19-22-9-3-1-4-10-22)38-31(33(41)37-26-16-15-23-11-7-8-12-24(23)20-26)35-18-17-28(43-35)29(30(35)34(38)42)32(40)36-25-13-5-2-6-14-25/h1-16,20,27-31,39H,17-19,21H2,(H,36,40)(H,37,41)/t27-,28-,29+,30+,31?,35?/m1/s1. The number of hydrogen-bond acceptors (Lipinski definition) is 5. The first-order chi connectivity index (χ1) is 21.0. The molecule has 3 amide bonds. The first kappa shape index (κ1) is 27.7. The fourth-order valence-corrected chi connectivity index (χ4v) is 9.65. The zero-order valence-electron chi connectivity index (χ0n) is 23.6. The van der Waals surface area contributed by atoms with Gasteiger partial charge in [-0.2, -0.15) is 0 Å². The van der Waals surface area contributed by atoms with Crippen LogP contribution in [0.25, 0.3) is 10.8 Å². The lowest BCUT2D eigenvalue weighted by molar-refractivity contribution is -0.141. The highest BCUT2D eigenvalue weighted by molar-refractivity contribution is 8.02. The molecule has 8 heteroatoms. The van der Waals surface area contributed by atoms with Crippen molar-refractivity contribution >= 4 is 51.6 Å². The van der Waals surface area contributed by atoms with E-state index in [1.807, 2.05) is 103 Å². The van der Waals surface area contributed by atoms with Gasteiger partial charge in [0.15, 0.2) is 0 Å². The van der Waals surface area contributed by atoms with Crippen molar-refractivity contribution in [1.29, 1.82) is 0 Å². The van der Waals surface area contributed by atoms with E-state index in [1.54, 1.807) is 16.7 Å². The number of fused-ring (bicyclic) bond motifs is 2. The molecule has 43 heavy (non-hydrogen) atoms. The summed E-state index contributed by atoms with van der Waals surface area (Å²) in [5.74, 6) is -1.92. The molecule has 0 saturated carbocycles. The highest BCUT2D eigenvalue weighted by Gasteiger charge is 2.74. The van der Waals surface area contributed by atoms with Crippen LogP contribution in [0.3, 0.4) is 0 Å². The molecule has 3 saturated heterocycles. The minimum Gasteiger partial charge on any atom is -0.394 e. The lowest BCUT2D eigenvalue weighted by atomic mass is 9.70. The van der Waals surface area contributed by atoms with Crippen LogP contribution in [-0.2, 0) is 20.8 Å². The van der Waals surface area contributed by atoms with Gasteiger partial charge >= 0.3 is 0 Å². The molecule has 7 rings (SSSR count). The zero-order chi connectivity index (χ0) is 29.6. The van der Waals surface area contributed by atoms with Gasteiger partial charge in [0.05, 0.1) is 29.2 Å². The van der Waals surface area contributed by atoms with Gasteiger partial charge in [0.1, 0.15) is 6.04 Å². The molecule has 1 spiro atoms. The molecule has 4 aromatic carbocycles. The molecule has 0 radical (unpaired) electrons. The summed E-state index contributed by atoms with van der Waals surface area (Å²) >= 11 is 1.62. The van der Waals surface area contributed by atoms with Crippen molar-refractivity contribution in [3.63, 3.8) is 0 Å². The van der Waals surface area contributed by atoms with Crippen LogP contribution < -0.4 is 10.6 Å². The Labute approximate surface area is 254 Å². The third-order valence-electron chi connectivity index (χ3n) is 9.27. The summed E-state index contributed by atoms with van der Waals surface area (Å²) < 4.78 is -0.758. The Bertz CT molecular complexity index is 1680. The molecule has 2 unspecified atom stereocenters. The number of likely N-dealkylation sites (tertiary alicyclic amines) is 1. The quantitative estimate of drug-likeness (QED) is 0.265. The maximum Gasteiger partial charge on any atom is 0.248 e. The second-order valence-corrected chi connectivity index (χ2v) is 13.3. The lowest BCUT2D eigenvalue weighted by Gasteiger charge is -2.37. The van der Waals surface area contributed by atoms with E-state index in [4.69, 9.17) is 0 Å². The highest BCUT2D eigenvalue weighted by atomic mass is 32.2. The van der Waals surface area contributed by atoms with Crippen LogP contribution in [0, 0.1) is 11.8 Å². The van der Waals surface area contributed by atoms with Gasteiger partial charge < -0.3 is 20.6 Å². The second kappa shape index (κ2) is 11.2. The predicted octanol–water partition coefficient (Wildman–Crippen LogP) is 5.11. The van der Waals surface area contributed by atoms with Crippen molar-refractivity contribution in [2.45, 2.75) is 41.3 Å². The van der Waals surface area contributed by atoms with Crippen molar-refractivity contribution < 1.29 is 19.5 Å². The van der Waals surface area contributed by atoms with Gasteiger partial charge in [0.2, 0.25) is 17.7 Å². The van der Waals surface area contributed by atoms with Crippen molar-refractivity contribution in [3.05, 3.63) is 109 Å². The zero-order valence-corrected chi connectivity index (χ0v) is 24.4. The van der Waals surface area contributed by atoms with E-state index in [-0.39, 0.29) is 29.6 Å². The fourth-order valence-electron chi connectivity index (χ4n) is 7.45. The van der Waals surface area contributed by atoms with Gasteiger partial charge in [-0.25, -0.2) is 0 Å². The topological polar surface area (TPSA) is 98.7 Å².